The summed E-state index contributed by atoms with van der Waals surface area (Å²) in [6.07, 6.45) is -0.206. The van der Waals surface area contributed by atoms with Gasteiger partial charge in [-0.2, -0.15) is 0 Å². The number of hydrazine groups is 1. The van der Waals surface area contributed by atoms with Crippen molar-refractivity contribution in [3.05, 3.63) is 63.9 Å². The molecule has 0 aliphatic carbocycles. The molecule has 120 valence electrons. The molecule has 0 saturated heterocycles. The van der Waals surface area contributed by atoms with Crippen LogP contribution in [0.4, 0.5) is 10.1 Å². The maximum Gasteiger partial charge on any atom is 0.242 e. The highest BCUT2D eigenvalue weighted by molar-refractivity contribution is 7.80. The van der Waals surface area contributed by atoms with Crippen molar-refractivity contribution in [2.75, 3.05) is 5.32 Å². The van der Waals surface area contributed by atoms with Gasteiger partial charge < -0.3 is 5.32 Å². The Labute approximate surface area is 147 Å². The first-order chi connectivity index (χ1) is 11.0. The van der Waals surface area contributed by atoms with Gasteiger partial charge in [-0.1, -0.05) is 29.3 Å². The fraction of sp³-hybridized carbons (Fsp3) is 0.0667. The van der Waals surface area contributed by atoms with E-state index < -0.39 is 11.7 Å². The van der Waals surface area contributed by atoms with Gasteiger partial charge in [0, 0.05) is 21.3 Å². The Bertz CT molecular complexity index is 705. The maximum atomic E-state index is 13.6. The number of hydrogen-bond acceptors (Lipinski definition) is 2. The summed E-state index contributed by atoms with van der Waals surface area (Å²) in [7, 11) is 0. The zero-order valence-corrected chi connectivity index (χ0v) is 14.0. The van der Waals surface area contributed by atoms with E-state index in [1.807, 2.05) is 0 Å². The first-order valence-corrected chi connectivity index (χ1v) is 7.66. The van der Waals surface area contributed by atoms with E-state index >= 15 is 0 Å². The number of anilines is 1. The summed E-state index contributed by atoms with van der Waals surface area (Å²) >= 11 is 16.7. The molecule has 8 heteroatoms. The molecule has 2 rings (SSSR count). The molecule has 0 fully saturated rings. The Hall–Kier alpha value is -1.89. The summed E-state index contributed by atoms with van der Waals surface area (Å²) in [6, 6.07) is 11.1. The van der Waals surface area contributed by atoms with Crippen LogP contribution in [0.1, 0.15) is 5.56 Å². The van der Waals surface area contributed by atoms with Crippen molar-refractivity contribution in [3.63, 3.8) is 0 Å². The Balaban J connectivity index is 1.84. The quantitative estimate of drug-likeness (QED) is 0.568. The summed E-state index contributed by atoms with van der Waals surface area (Å²) in [5, 5.41) is 3.84. The molecule has 2 aromatic carbocycles. The van der Waals surface area contributed by atoms with Crippen LogP contribution < -0.4 is 16.2 Å². The van der Waals surface area contributed by atoms with E-state index in [2.05, 4.69) is 16.2 Å². The van der Waals surface area contributed by atoms with Crippen LogP contribution in [0.3, 0.4) is 0 Å². The molecule has 23 heavy (non-hydrogen) atoms. The minimum absolute atomic E-state index is 0.130. The predicted octanol–water partition coefficient (Wildman–Crippen LogP) is 3.69. The SMILES string of the molecule is O=C(Cc1c(F)cccc1Cl)NNC(=S)Nc1ccc(Cl)cc1. The van der Waals surface area contributed by atoms with Crippen molar-refractivity contribution < 1.29 is 9.18 Å². The van der Waals surface area contributed by atoms with Crippen LogP contribution in [0.5, 0.6) is 0 Å². The van der Waals surface area contributed by atoms with Gasteiger partial charge in [-0.05, 0) is 48.6 Å². The van der Waals surface area contributed by atoms with Crippen molar-refractivity contribution >= 4 is 52.1 Å². The van der Waals surface area contributed by atoms with Crippen LogP contribution in [0.2, 0.25) is 10.0 Å². The number of amides is 1. The number of rotatable bonds is 3. The molecule has 0 aliphatic heterocycles. The lowest BCUT2D eigenvalue weighted by atomic mass is 10.1. The molecular formula is C15H12Cl2FN3OS. The number of halogens is 3. The molecular weight excluding hydrogens is 360 g/mol. The Morgan fingerprint density at radius 2 is 1.78 bits per heavy atom. The molecule has 0 bridgehead atoms. The van der Waals surface area contributed by atoms with E-state index in [1.165, 1.54) is 18.2 Å². The molecule has 0 atom stereocenters. The third-order valence-corrected chi connectivity index (χ3v) is 3.63. The highest BCUT2D eigenvalue weighted by Gasteiger charge is 2.11. The van der Waals surface area contributed by atoms with Gasteiger partial charge in [-0.3, -0.25) is 15.6 Å². The molecule has 0 saturated carbocycles. The van der Waals surface area contributed by atoms with Gasteiger partial charge in [0.25, 0.3) is 0 Å². The lowest BCUT2D eigenvalue weighted by Gasteiger charge is -2.12. The zero-order valence-electron chi connectivity index (χ0n) is 11.7. The molecule has 0 aromatic heterocycles. The van der Waals surface area contributed by atoms with Crippen LogP contribution in [-0.2, 0) is 11.2 Å². The second-order valence-electron chi connectivity index (χ2n) is 4.51. The number of carbonyl (C=O) groups excluding carboxylic acids is 1. The molecule has 0 unspecified atom stereocenters. The molecule has 3 N–H and O–H groups in total. The van der Waals surface area contributed by atoms with Crippen molar-refractivity contribution in [2.24, 2.45) is 0 Å². The molecule has 4 nitrogen and oxygen atoms in total. The van der Waals surface area contributed by atoms with Crippen molar-refractivity contribution in [3.8, 4) is 0 Å². The number of nitrogens with one attached hydrogen (secondary N) is 3. The summed E-state index contributed by atoms with van der Waals surface area (Å²) in [4.78, 5) is 11.8. The summed E-state index contributed by atoms with van der Waals surface area (Å²) in [6.45, 7) is 0. The van der Waals surface area contributed by atoms with E-state index in [-0.39, 0.29) is 22.1 Å². The van der Waals surface area contributed by atoms with E-state index in [4.69, 9.17) is 35.4 Å². The second-order valence-corrected chi connectivity index (χ2v) is 5.76. The standard InChI is InChI=1S/C15H12Cl2FN3OS/c16-9-4-6-10(7-5-9)19-15(23)21-20-14(22)8-11-12(17)2-1-3-13(11)18/h1-7H,8H2,(H,20,22)(H2,19,21,23). The van der Waals surface area contributed by atoms with Crippen molar-refractivity contribution in [1.29, 1.82) is 0 Å². The second kappa shape index (κ2) is 8.10. The Morgan fingerprint density at radius 1 is 1.09 bits per heavy atom. The van der Waals surface area contributed by atoms with Gasteiger partial charge in [-0.15, -0.1) is 0 Å². The highest BCUT2D eigenvalue weighted by Crippen LogP contribution is 2.19. The average Bonchev–Trinajstić information content (AvgIpc) is 2.51. The fourth-order valence-corrected chi connectivity index (χ4v) is 2.25. The average molecular weight is 372 g/mol. The van der Waals surface area contributed by atoms with Crippen molar-refractivity contribution in [2.45, 2.75) is 6.42 Å². The topological polar surface area (TPSA) is 53.2 Å². The molecule has 0 heterocycles. The minimum atomic E-state index is -0.533. The van der Waals surface area contributed by atoms with Crippen LogP contribution >= 0.6 is 35.4 Å². The Kier molecular flexibility index (Phi) is 6.15. The monoisotopic (exact) mass is 371 g/mol. The van der Waals surface area contributed by atoms with E-state index in [0.29, 0.717) is 10.7 Å². The van der Waals surface area contributed by atoms with E-state index in [9.17, 15) is 9.18 Å². The Morgan fingerprint density at radius 3 is 2.43 bits per heavy atom. The zero-order chi connectivity index (χ0) is 16.8. The maximum absolute atomic E-state index is 13.6. The third kappa shape index (κ3) is 5.35. The van der Waals surface area contributed by atoms with Crippen molar-refractivity contribution in [1.82, 2.24) is 10.9 Å². The first-order valence-electron chi connectivity index (χ1n) is 6.50. The molecule has 2 aromatic rings. The number of thiocarbonyl (C=S) groups is 1. The van der Waals surface area contributed by atoms with Crippen LogP contribution in [-0.4, -0.2) is 11.0 Å². The van der Waals surface area contributed by atoms with Gasteiger partial charge in [0.2, 0.25) is 5.91 Å². The lowest BCUT2D eigenvalue weighted by Crippen LogP contribution is -2.44. The summed E-state index contributed by atoms with van der Waals surface area (Å²) < 4.78 is 13.6. The largest absolute Gasteiger partial charge is 0.331 e. The van der Waals surface area contributed by atoms with Gasteiger partial charge >= 0.3 is 0 Å². The molecule has 0 spiro atoms. The summed E-state index contributed by atoms with van der Waals surface area (Å²) in [5.41, 5.74) is 5.74. The number of benzene rings is 2. The van der Waals surface area contributed by atoms with Crippen LogP contribution in [0.25, 0.3) is 0 Å². The highest BCUT2D eigenvalue weighted by atomic mass is 35.5. The number of hydrogen-bond donors (Lipinski definition) is 3. The molecule has 0 radical (unpaired) electrons. The molecule has 1 amide bonds. The number of carbonyl (C=O) groups is 1. The van der Waals surface area contributed by atoms with Gasteiger partial charge in [-0.25, -0.2) is 4.39 Å². The normalized spacial score (nSPS) is 10.0. The summed E-state index contributed by atoms with van der Waals surface area (Å²) in [5.74, 6) is -1.01. The van der Waals surface area contributed by atoms with Gasteiger partial charge in [0.05, 0.1) is 6.42 Å². The van der Waals surface area contributed by atoms with Crippen LogP contribution in [0, 0.1) is 5.82 Å². The van der Waals surface area contributed by atoms with Gasteiger partial charge in [0.15, 0.2) is 5.11 Å². The first kappa shape index (κ1) is 17.5. The third-order valence-electron chi connectivity index (χ3n) is 2.82. The van der Waals surface area contributed by atoms with E-state index in [1.54, 1.807) is 24.3 Å². The fourth-order valence-electron chi connectivity index (χ4n) is 1.73. The van der Waals surface area contributed by atoms with Gasteiger partial charge in [0.1, 0.15) is 5.82 Å². The molecule has 0 aliphatic rings. The predicted molar refractivity (Wildman–Crippen MR) is 94.1 cm³/mol. The minimum Gasteiger partial charge on any atom is -0.331 e. The van der Waals surface area contributed by atoms with E-state index in [0.717, 1.165) is 0 Å². The van der Waals surface area contributed by atoms with Crippen LogP contribution in [0.15, 0.2) is 42.5 Å². The lowest BCUT2D eigenvalue weighted by molar-refractivity contribution is -0.121. The smallest absolute Gasteiger partial charge is 0.242 e.